The monoisotopic (exact) mass is 317 g/mol. The van der Waals surface area contributed by atoms with Gasteiger partial charge in [-0.3, -0.25) is 0 Å². The molecule has 0 amide bonds. The molecule has 7 heteroatoms. The molecule has 1 aliphatic heterocycles. The van der Waals surface area contributed by atoms with Crippen LogP contribution in [-0.4, -0.2) is 40.6 Å². The molecular formula is C13H19NO4S2. The lowest BCUT2D eigenvalue weighted by molar-refractivity contribution is 0.543. The van der Waals surface area contributed by atoms with E-state index in [1.165, 1.54) is 0 Å². The second kappa shape index (κ2) is 6.24. The first-order chi connectivity index (χ1) is 9.36. The molecular weight excluding hydrogens is 298 g/mol. The van der Waals surface area contributed by atoms with Gasteiger partial charge in [0.05, 0.1) is 17.3 Å². The van der Waals surface area contributed by atoms with Gasteiger partial charge in [0.1, 0.15) is 0 Å². The van der Waals surface area contributed by atoms with Crippen molar-refractivity contribution in [2.45, 2.75) is 12.8 Å². The van der Waals surface area contributed by atoms with Crippen molar-refractivity contribution in [1.29, 1.82) is 0 Å². The van der Waals surface area contributed by atoms with E-state index in [1.54, 1.807) is 0 Å². The summed E-state index contributed by atoms with van der Waals surface area (Å²) in [6.45, 7) is 0.219. The molecule has 112 valence electrons. The molecule has 0 spiro atoms. The molecule has 0 radical (unpaired) electrons. The molecule has 1 saturated heterocycles. The first-order valence-corrected chi connectivity index (χ1v) is 10.1. The number of nitrogens with one attached hydrogen (secondary N) is 1. The standard InChI is InChI=1S/C13H19NO4S2/c15-19(16)8-6-13(11-19)10-14-20(17,18)9-7-12-4-2-1-3-5-12/h1-5,13-14H,6-11H2. The summed E-state index contributed by atoms with van der Waals surface area (Å²) in [7, 11) is -6.30. The van der Waals surface area contributed by atoms with Crippen LogP contribution in [0.3, 0.4) is 0 Å². The Hall–Kier alpha value is -0.920. The first kappa shape index (κ1) is 15.5. The van der Waals surface area contributed by atoms with Crippen LogP contribution in [0.25, 0.3) is 0 Å². The van der Waals surface area contributed by atoms with E-state index in [4.69, 9.17) is 0 Å². The predicted octanol–water partition coefficient (Wildman–Crippen LogP) is 0.583. The zero-order valence-corrected chi connectivity index (χ0v) is 12.8. The summed E-state index contributed by atoms with van der Waals surface area (Å²) in [5.74, 6) is 0.195. The molecule has 0 bridgehead atoms. The van der Waals surface area contributed by atoms with Crippen LogP contribution in [0.15, 0.2) is 30.3 Å². The normalized spacial score (nSPS) is 21.9. The van der Waals surface area contributed by atoms with Gasteiger partial charge in [-0.25, -0.2) is 21.6 Å². The van der Waals surface area contributed by atoms with Crippen LogP contribution in [0.4, 0.5) is 0 Å². The van der Waals surface area contributed by atoms with Gasteiger partial charge in [0.15, 0.2) is 9.84 Å². The van der Waals surface area contributed by atoms with Crippen LogP contribution in [0.1, 0.15) is 12.0 Å². The zero-order chi connectivity index (χ0) is 14.6. The van der Waals surface area contributed by atoms with E-state index in [1.807, 2.05) is 30.3 Å². The fourth-order valence-electron chi connectivity index (χ4n) is 2.25. The van der Waals surface area contributed by atoms with Gasteiger partial charge in [-0.1, -0.05) is 30.3 Å². The van der Waals surface area contributed by atoms with E-state index in [9.17, 15) is 16.8 Å². The lowest BCUT2D eigenvalue weighted by Crippen LogP contribution is -2.32. The summed E-state index contributed by atoms with van der Waals surface area (Å²) < 4.78 is 48.8. The fraction of sp³-hybridized carbons (Fsp3) is 0.538. The number of rotatable bonds is 6. The Morgan fingerprint density at radius 3 is 2.50 bits per heavy atom. The summed E-state index contributed by atoms with van der Waals surface area (Å²) in [6, 6.07) is 9.41. The number of hydrogen-bond donors (Lipinski definition) is 1. The van der Waals surface area contributed by atoms with E-state index < -0.39 is 19.9 Å². The van der Waals surface area contributed by atoms with Gasteiger partial charge in [-0.15, -0.1) is 0 Å². The highest BCUT2D eigenvalue weighted by Gasteiger charge is 2.28. The van der Waals surface area contributed by atoms with E-state index in [0.717, 1.165) is 5.56 Å². The maximum Gasteiger partial charge on any atom is 0.211 e. The average Bonchev–Trinajstić information content (AvgIpc) is 2.75. The number of benzene rings is 1. The number of hydrogen-bond acceptors (Lipinski definition) is 4. The van der Waals surface area contributed by atoms with Crippen LogP contribution < -0.4 is 4.72 Å². The third-order valence-electron chi connectivity index (χ3n) is 3.42. The maximum atomic E-state index is 11.9. The molecule has 1 unspecified atom stereocenters. The van der Waals surface area contributed by atoms with Crippen molar-refractivity contribution in [3.63, 3.8) is 0 Å². The van der Waals surface area contributed by atoms with Gasteiger partial charge in [0.25, 0.3) is 0 Å². The van der Waals surface area contributed by atoms with Crippen molar-refractivity contribution < 1.29 is 16.8 Å². The molecule has 1 N–H and O–H groups in total. The summed E-state index contributed by atoms with van der Waals surface area (Å²) in [6.07, 6.45) is 1.00. The van der Waals surface area contributed by atoms with Gasteiger partial charge < -0.3 is 0 Å². The van der Waals surface area contributed by atoms with Crippen LogP contribution in [-0.2, 0) is 26.3 Å². The number of sulfonamides is 1. The molecule has 20 heavy (non-hydrogen) atoms. The second-order valence-corrected chi connectivity index (χ2v) is 9.33. The molecule has 2 rings (SSSR count). The SMILES string of the molecule is O=S1(=O)CCC(CNS(=O)(=O)CCc2ccccc2)C1. The minimum absolute atomic E-state index is 0.0243. The summed E-state index contributed by atoms with van der Waals surface area (Å²) in [4.78, 5) is 0. The maximum absolute atomic E-state index is 11.9. The van der Waals surface area contributed by atoms with Crippen molar-refractivity contribution >= 4 is 19.9 Å². The minimum Gasteiger partial charge on any atom is -0.229 e. The topological polar surface area (TPSA) is 80.3 Å². The molecule has 5 nitrogen and oxygen atoms in total. The highest BCUT2D eigenvalue weighted by molar-refractivity contribution is 7.91. The number of aryl methyl sites for hydroxylation is 1. The third-order valence-corrected chi connectivity index (χ3v) is 6.61. The fourth-order valence-corrected chi connectivity index (χ4v) is 5.25. The van der Waals surface area contributed by atoms with Gasteiger partial charge >= 0.3 is 0 Å². The second-order valence-electron chi connectivity index (χ2n) is 5.17. The van der Waals surface area contributed by atoms with Crippen LogP contribution >= 0.6 is 0 Å². The Morgan fingerprint density at radius 2 is 1.90 bits per heavy atom. The molecule has 0 aromatic heterocycles. The average molecular weight is 317 g/mol. The molecule has 1 aliphatic rings. The highest BCUT2D eigenvalue weighted by atomic mass is 32.2. The zero-order valence-electron chi connectivity index (χ0n) is 11.2. The molecule has 1 heterocycles. The van der Waals surface area contributed by atoms with E-state index in [2.05, 4.69) is 4.72 Å². The quantitative estimate of drug-likeness (QED) is 0.832. The first-order valence-electron chi connectivity index (χ1n) is 6.58. The Balaban J connectivity index is 1.80. The van der Waals surface area contributed by atoms with E-state index in [-0.39, 0.29) is 29.7 Å². The van der Waals surface area contributed by atoms with Crippen LogP contribution in [0, 0.1) is 5.92 Å². The summed E-state index contributed by atoms with van der Waals surface area (Å²) in [5, 5.41) is 0. The van der Waals surface area contributed by atoms with Gasteiger partial charge in [-0.05, 0) is 24.3 Å². The highest BCUT2D eigenvalue weighted by Crippen LogP contribution is 2.17. The molecule has 1 aromatic carbocycles. The molecule has 1 fully saturated rings. The van der Waals surface area contributed by atoms with Crippen molar-refractivity contribution in [3.05, 3.63) is 35.9 Å². The lowest BCUT2D eigenvalue weighted by Gasteiger charge is -2.10. The van der Waals surface area contributed by atoms with Crippen LogP contribution in [0.5, 0.6) is 0 Å². The molecule has 1 aromatic rings. The van der Waals surface area contributed by atoms with E-state index >= 15 is 0 Å². The Morgan fingerprint density at radius 1 is 1.20 bits per heavy atom. The smallest absolute Gasteiger partial charge is 0.211 e. The number of sulfone groups is 1. The van der Waals surface area contributed by atoms with Crippen LogP contribution in [0.2, 0.25) is 0 Å². The minimum atomic E-state index is -3.35. The van der Waals surface area contributed by atoms with Crippen molar-refractivity contribution in [3.8, 4) is 0 Å². The van der Waals surface area contributed by atoms with E-state index in [0.29, 0.717) is 12.8 Å². The van der Waals surface area contributed by atoms with Gasteiger partial charge in [0, 0.05) is 6.54 Å². The molecule has 0 aliphatic carbocycles. The van der Waals surface area contributed by atoms with Gasteiger partial charge in [-0.2, -0.15) is 0 Å². The molecule has 1 atom stereocenters. The Labute approximate surface area is 120 Å². The van der Waals surface area contributed by atoms with Crippen molar-refractivity contribution in [1.82, 2.24) is 4.72 Å². The third kappa shape index (κ3) is 4.88. The Bertz CT molecular complexity index is 638. The van der Waals surface area contributed by atoms with Crippen molar-refractivity contribution in [2.24, 2.45) is 5.92 Å². The predicted molar refractivity (Wildman–Crippen MR) is 78.7 cm³/mol. The summed E-state index contributed by atoms with van der Waals surface area (Å²) in [5.41, 5.74) is 0.973. The molecule has 0 saturated carbocycles. The van der Waals surface area contributed by atoms with Gasteiger partial charge in [0.2, 0.25) is 10.0 Å². The Kier molecular flexibility index (Phi) is 4.82. The lowest BCUT2D eigenvalue weighted by atomic mass is 10.1. The van der Waals surface area contributed by atoms with Crippen molar-refractivity contribution in [2.75, 3.05) is 23.8 Å². The largest absolute Gasteiger partial charge is 0.229 e. The summed E-state index contributed by atoms with van der Waals surface area (Å²) >= 11 is 0.